The van der Waals surface area contributed by atoms with Crippen molar-refractivity contribution < 1.29 is 9.90 Å². The second kappa shape index (κ2) is 7.25. The number of carboxylic acid groups (broad SMARTS) is 1. The molecule has 2 atom stereocenters. The first kappa shape index (κ1) is 14.8. The molecule has 0 aliphatic carbocycles. The van der Waals surface area contributed by atoms with Crippen LogP contribution in [0.25, 0.3) is 0 Å². The molecule has 3 nitrogen and oxygen atoms in total. The lowest BCUT2D eigenvalue weighted by Crippen LogP contribution is -2.27. The first-order chi connectivity index (χ1) is 10.2. The van der Waals surface area contributed by atoms with Gasteiger partial charge >= 0.3 is 0 Å². The summed E-state index contributed by atoms with van der Waals surface area (Å²) in [6, 6.07) is 21.5. The Balaban J connectivity index is 2.30. The molecule has 106 valence electrons. The summed E-state index contributed by atoms with van der Waals surface area (Å²) in [5.41, 5.74) is 2.07. The van der Waals surface area contributed by atoms with E-state index in [9.17, 15) is 15.2 Å². The van der Waals surface area contributed by atoms with Gasteiger partial charge in [-0.2, -0.15) is 5.26 Å². The van der Waals surface area contributed by atoms with Gasteiger partial charge in [0.25, 0.3) is 0 Å². The second-order valence-corrected chi connectivity index (χ2v) is 5.02. The Morgan fingerprint density at radius 1 is 1.05 bits per heavy atom. The second-order valence-electron chi connectivity index (χ2n) is 5.02. The fourth-order valence-electron chi connectivity index (χ4n) is 2.52. The summed E-state index contributed by atoms with van der Waals surface area (Å²) in [4.78, 5) is 10.9. The number of carboxylic acids is 1. The van der Waals surface area contributed by atoms with Crippen LogP contribution in [0.3, 0.4) is 0 Å². The topological polar surface area (TPSA) is 63.9 Å². The van der Waals surface area contributed by atoms with E-state index in [0.29, 0.717) is 6.42 Å². The number of hydrogen-bond donors (Lipinski definition) is 0. The highest BCUT2D eigenvalue weighted by Gasteiger charge is 2.23. The highest BCUT2D eigenvalue weighted by atomic mass is 16.4. The largest absolute Gasteiger partial charge is 0.550 e. The zero-order valence-electron chi connectivity index (χ0n) is 11.6. The molecular weight excluding hydrogens is 262 g/mol. The fraction of sp³-hybridized carbons (Fsp3) is 0.222. The van der Waals surface area contributed by atoms with E-state index >= 15 is 0 Å². The number of nitrogens with zero attached hydrogens (tertiary/aromatic N) is 1. The molecule has 21 heavy (non-hydrogen) atoms. The Labute approximate surface area is 124 Å². The zero-order chi connectivity index (χ0) is 15.1. The number of rotatable bonds is 6. The van der Waals surface area contributed by atoms with Gasteiger partial charge in [0, 0.05) is 18.3 Å². The molecule has 0 radical (unpaired) electrons. The summed E-state index contributed by atoms with van der Waals surface area (Å²) < 4.78 is 0. The van der Waals surface area contributed by atoms with E-state index < -0.39 is 11.9 Å². The van der Waals surface area contributed by atoms with Gasteiger partial charge in [-0.05, 0) is 17.5 Å². The molecule has 0 N–H and O–H groups in total. The average Bonchev–Trinajstić information content (AvgIpc) is 2.52. The van der Waals surface area contributed by atoms with Crippen LogP contribution in [0.1, 0.15) is 23.5 Å². The lowest BCUT2D eigenvalue weighted by Gasteiger charge is -2.23. The van der Waals surface area contributed by atoms with E-state index in [1.165, 1.54) is 0 Å². The number of hydrogen-bond acceptors (Lipinski definition) is 3. The van der Waals surface area contributed by atoms with E-state index in [4.69, 9.17) is 0 Å². The monoisotopic (exact) mass is 278 g/mol. The minimum atomic E-state index is -1.18. The first-order valence-electron chi connectivity index (χ1n) is 6.89. The Bertz CT molecular complexity index is 617. The molecule has 0 spiro atoms. The van der Waals surface area contributed by atoms with Gasteiger partial charge < -0.3 is 9.90 Å². The lowest BCUT2D eigenvalue weighted by molar-refractivity contribution is -0.306. The van der Waals surface area contributed by atoms with Crippen molar-refractivity contribution in [1.29, 1.82) is 5.26 Å². The highest BCUT2D eigenvalue weighted by molar-refractivity contribution is 5.65. The Morgan fingerprint density at radius 2 is 1.62 bits per heavy atom. The summed E-state index contributed by atoms with van der Waals surface area (Å²) >= 11 is 0. The van der Waals surface area contributed by atoms with E-state index in [1.54, 1.807) is 0 Å². The molecule has 0 saturated carbocycles. The molecule has 2 aromatic carbocycles. The SMILES string of the molecule is N#C[C@@H](CC(=O)[O-])[C@H](Cc1ccccc1)c1ccccc1. The Kier molecular flexibility index (Phi) is 5.11. The van der Waals surface area contributed by atoms with E-state index in [2.05, 4.69) is 6.07 Å². The van der Waals surface area contributed by atoms with E-state index in [-0.39, 0.29) is 12.3 Å². The van der Waals surface area contributed by atoms with Gasteiger partial charge in [0.2, 0.25) is 0 Å². The number of benzene rings is 2. The molecule has 2 aromatic rings. The van der Waals surface area contributed by atoms with E-state index in [1.807, 2.05) is 60.7 Å². The maximum Gasteiger partial charge on any atom is 0.0666 e. The Hall–Kier alpha value is -2.60. The molecule has 0 heterocycles. The molecule has 0 aromatic heterocycles. The minimum Gasteiger partial charge on any atom is -0.550 e. The number of nitriles is 1. The van der Waals surface area contributed by atoms with Gasteiger partial charge in [-0.15, -0.1) is 0 Å². The predicted molar refractivity (Wildman–Crippen MR) is 78.1 cm³/mol. The van der Waals surface area contributed by atoms with Crippen molar-refractivity contribution in [1.82, 2.24) is 0 Å². The average molecular weight is 278 g/mol. The molecule has 0 saturated heterocycles. The number of carbonyl (C=O) groups excluding carboxylic acids is 1. The summed E-state index contributed by atoms with van der Waals surface area (Å²) in [7, 11) is 0. The van der Waals surface area contributed by atoms with Crippen LogP contribution in [0.5, 0.6) is 0 Å². The number of carbonyl (C=O) groups is 1. The summed E-state index contributed by atoms with van der Waals surface area (Å²) in [5.74, 6) is -1.94. The van der Waals surface area contributed by atoms with Gasteiger partial charge in [0.1, 0.15) is 0 Å². The first-order valence-corrected chi connectivity index (χ1v) is 6.89. The summed E-state index contributed by atoms with van der Waals surface area (Å²) in [5, 5.41) is 20.2. The smallest absolute Gasteiger partial charge is 0.0666 e. The van der Waals surface area contributed by atoms with Crippen molar-refractivity contribution >= 4 is 5.97 Å². The minimum absolute atomic E-state index is 0.156. The summed E-state index contributed by atoms with van der Waals surface area (Å²) in [6.07, 6.45) is 0.388. The summed E-state index contributed by atoms with van der Waals surface area (Å²) in [6.45, 7) is 0. The van der Waals surface area contributed by atoms with Crippen LogP contribution < -0.4 is 5.11 Å². The molecule has 0 unspecified atom stereocenters. The quantitative estimate of drug-likeness (QED) is 0.814. The fourth-order valence-corrected chi connectivity index (χ4v) is 2.52. The molecule has 0 bridgehead atoms. The van der Waals surface area contributed by atoms with Gasteiger partial charge in [0.05, 0.1) is 12.0 Å². The van der Waals surface area contributed by atoms with Gasteiger partial charge in [-0.3, -0.25) is 0 Å². The van der Waals surface area contributed by atoms with Crippen LogP contribution in [0.4, 0.5) is 0 Å². The van der Waals surface area contributed by atoms with Crippen molar-refractivity contribution in [3.05, 3.63) is 71.8 Å². The predicted octanol–water partition coefficient (Wildman–Crippen LogP) is 2.29. The molecule has 0 fully saturated rings. The van der Waals surface area contributed by atoms with Crippen molar-refractivity contribution in [2.24, 2.45) is 5.92 Å². The van der Waals surface area contributed by atoms with Crippen molar-refractivity contribution in [3.8, 4) is 6.07 Å². The van der Waals surface area contributed by atoms with E-state index in [0.717, 1.165) is 11.1 Å². The van der Waals surface area contributed by atoms with Crippen LogP contribution in [0.15, 0.2) is 60.7 Å². The lowest BCUT2D eigenvalue weighted by atomic mass is 9.80. The van der Waals surface area contributed by atoms with Gasteiger partial charge in [-0.1, -0.05) is 60.7 Å². The van der Waals surface area contributed by atoms with Gasteiger partial charge in [-0.25, -0.2) is 0 Å². The molecule has 0 aliphatic heterocycles. The van der Waals surface area contributed by atoms with Crippen LogP contribution in [0, 0.1) is 17.2 Å². The highest BCUT2D eigenvalue weighted by Crippen LogP contribution is 2.30. The Morgan fingerprint density at radius 3 is 2.14 bits per heavy atom. The zero-order valence-corrected chi connectivity index (χ0v) is 11.6. The number of aliphatic carboxylic acids is 1. The molecule has 0 aliphatic rings. The molecule has 0 amide bonds. The van der Waals surface area contributed by atoms with Gasteiger partial charge in [0.15, 0.2) is 0 Å². The molecular formula is C18H16NO2-. The van der Waals surface area contributed by atoms with Crippen LogP contribution in [-0.2, 0) is 11.2 Å². The maximum atomic E-state index is 10.9. The maximum absolute atomic E-state index is 10.9. The van der Waals surface area contributed by atoms with Crippen LogP contribution in [-0.4, -0.2) is 5.97 Å². The third-order valence-electron chi connectivity index (χ3n) is 3.56. The molecule has 2 rings (SSSR count). The van der Waals surface area contributed by atoms with Crippen LogP contribution >= 0.6 is 0 Å². The van der Waals surface area contributed by atoms with Crippen LogP contribution in [0.2, 0.25) is 0 Å². The third kappa shape index (κ3) is 4.19. The van der Waals surface area contributed by atoms with Crippen molar-refractivity contribution in [3.63, 3.8) is 0 Å². The third-order valence-corrected chi connectivity index (χ3v) is 3.56. The van der Waals surface area contributed by atoms with Crippen molar-refractivity contribution in [2.75, 3.05) is 0 Å². The molecule has 3 heteroatoms. The van der Waals surface area contributed by atoms with Crippen molar-refractivity contribution in [2.45, 2.75) is 18.8 Å². The normalized spacial score (nSPS) is 13.1. The standard InChI is InChI=1S/C18H17NO2/c19-13-16(12-18(20)21)17(15-9-5-2-6-10-15)11-14-7-3-1-4-8-14/h1-10,16-17H,11-12H2,(H,20,21)/p-1/t16-,17-/m1/s1.